The van der Waals surface area contributed by atoms with Crippen LogP contribution >= 0.6 is 12.4 Å². The van der Waals surface area contributed by atoms with E-state index in [1.165, 1.54) is 12.3 Å². The van der Waals surface area contributed by atoms with Crippen LogP contribution in [0, 0.1) is 5.82 Å². The van der Waals surface area contributed by atoms with Crippen molar-refractivity contribution in [2.75, 3.05) is 18.1 Å². The first-order valence-corrected chi connectivity index (χ1v) is 5.48. The van der Waals surface area contributed by atoms with Crippen LogP contribution < -0.4 is 10.3 Å². The quantitative estimate of drug-likeness (QED) is 0.851. The van der Waals surface area contributed by atoms with Gasteiger partial charge in [-0.15, -0.1) is 19.0 Å². The van der Waals surface area contributed by atoms with Gasteiger partial charge in [0.2, 0.25) is 0 Å². The standard InChI is InChI=1S/C12H15FN4.ClH/c1-3-4-15-12-8-17(16-9(12)2)11-5-10(13)6-14-7-11;/h3,5-7,12,15H,1,4,8H2,2H3;1H. The monoisotopic (exact) mass is 270 g/mol. The van der Waals surface area contributed by atoms with Crippen molar-refractivity contribution in [2.24, 2.45) is 5.10 Å². The Kier molecular flexibility index (Phi) is 5.25. The lowest BCUT2D eigenvalue weighted by molar-refractivity contribution is 0.619. The summed E-state index contributed by atoms with van der Waals surface area (Å²) in [5.74, 6) is -0.349. The molecule has 0 spiro atoms. The van der Waals surface area contributed by atoms with Crippen molar-refractivity contribution < 1.29 is 4.39 Å². The smallest absolute Gasteiger partial charge is 0.143 e. The Morgan fingerprint density at radius 1 is 1.61 bits per heavy atom. The van der Waals surface area contributed by atoms with Crippen molar-refractivity contribution in [1.82, 2.24) is 10.3 Å². The van der Waals surface area contributed by atoms with Crippen molar-refractivity contribution in [3.63, 3.8) is 0 Å². The Labute approximate surface area is 112 Å². The van der Waals surface area contributed by atoms with Gasteiger partial charge in [-0.25, -0.2) is 4.39 Å². The summed E-state index contributed by atoms with van der Waals surface area (Å²) in [5, 5.41) is 9.43. The van der Waals surface area contributed by atoms with Gasteiger partial charge in [0.25, 0.3) is 0 Å². The lowest BCUT2D eigenvalue weighted by Crippen LogP contribution is -2.38. The molecule has 1 unspecified atom stereocenters. The first-order valence-electron chi connectivity index (χ1n) is 5.48. The lowest BCUT2D eigenvalue weighted by atomic mass is 10.2. The van der Waals surface area contributed by atoms with Gasteiger partial charge in [-0.2, -0.15) is 5.10 Å². The Balaban J connectivity index is 0.00000162. The molecule has 0 fully saturated rings. The molecular formula is C12H16ClFN4. The van der Waals surface area contributed by atoms with Crippen LogP contribution in [0.15, 0.2) is 36.2 Å². The number of halogens is 2. The molecule has 2 rings (SSSR count). The maximum absolute atomic E-state index is 13.1. The molecule has 6 heteroatoms. The zero-order valence-corrected chi connectivity index (χ0v) is 11.0. The fourth-order valence-corrected chi connectivity index (χ4v) is 1.75. The zero-order chi connectivity index (χ0) is 12.3. The van der Waals surface area contributed by atoms with Gasteiger partial charge < -0.3 is 5.32 Å². The molecular weight excluding hydrogens is 255 g/mol. The number of anilines is 1. The second kappa shape index (κ2) is 6.47. The van der Waals surface area contributed by atoms with E-state index in [9.17, 15) is 4.39 Å². The van der Waals surface area contributed by atoms with Gasteiger partial charge in [0.1, 0.15) is 5.82 Å². The van der Waals surface area contributed by atoms with Crippen molar-refractivity contribution in [3.8, 4) is 0 Å². The molecule has 1 atom stereocenters. The second-order valence-corrected chi connectivity index (χ2v) is 3.93. The fourth-order valence-electron chi connectivity index (χ4n) is 1.75. The van der Waals surface area contributed by atoms with Gasteiger partial charge in [-0.3, -0.25) is 9.99 Å². The molecule has 0 amide bonds. The number of aromatic nitrogens is 1. The highest BCUT2D eigenvalue weighted by Crippen LogP contribution is 2.19. The Morgan fingerprint density at radius 2 is 2.39 bits per heavy atom. The van der Waals surface area contributed by atoms with E-state index in [0.717, 1.165) is 12.3 Å². The van der Waals surface area contributed by atoms with E-state index in [1.807, 2.05) is 6.92 Å². The van der Waals surface area contributed by atoms with Crippen LogP contribution in [0.2, 0.25) is 0 Å². The van der Waals surface area contributed by atoms with Crippen molar-refractivity contribution >= 4 is 23.8 Å². The van der Waals surface area contributed by atoms with Gasteiger partial charge in [0.05, 0.1) is 36.4 Å². The average molecular weight is 271 g/mol. The molecule has 1 aromatic rings. The van der Waals surface area contributed by atoms with E-state index in [2.05, 4.69) is 22.0 Å². The predicted molar refractivity (Wildman–Crippen MR) is 73.9 cm³/mol. The van der Waals surface area contributed by atoms with Crippen LogP contribution in [0.3, 0.4) is 0 Å². The van der Waals surface area contributed by atoms with Gasteiger partial charge in [-0.1, -0.05) is 6.08 Å². The average Bonchev–Trinajstić information content (AvgIpc) is 2.68. The third-order valence-corrected chi connectivity index (χ3v) is 2.64. The van der Waals surface area contributed by atoms with Crippen LogP contribution in [0.1, 0.15) is 6.92 Å². The normalized spacial score (nSPS) is 18.2. The molecule has 18 heavy (non-hydrogen) atoms. The number of hydrazone groups is 1. The third kappa shape index (κ3) is 3.27. The molecule has 0 saturated heterocycles. The van der Waals surface area contributed by atoms with Crippen LogP contribution in [0.5, 0.6) is 0 Å². The summed E-state index contributed by atoms with van der Waals surface area (Å²) in [6.45, 7) is 7.03. The molecule has 0 aromatic carbocycles. The highest BCUT2D eigenvalue weighted by Gasteiger charge is 2.23. The Morgan fingerprint density at radius 3 is 3.06 bits per heavy atom. The molecule has 0 radical (unpaired) electrons. The summed E-state index contributed by atoms with van der Waals surface area (Å²) in [5.41, 5.74) is 1.66. The summed E-state index contributed by atoms with van der Waals surface area (Å²) in [6.07, 6.45) is 4.60. The summed E-state index contributed by atoms with van der Waals surface area (Å²) in [7, 11) is 0. The van der Waals surface area contributed by atoms with Gasteiger partial charge in [0, 0.05) is 12.6 Å². The Bertz CT molecular complexity index is 449. The largest absolute Gasteiger partial charge is 0.304 e. The number of pyridine rings is 1. The van der Waals surface area contributed by atoms with Gasteiger partial charge in [0.15, 0.2) is 0 Å². The highest BCUT2D eigenvalue weighted by atomic mass is 35.5. The van der Waals surface area contributed by atoms with Crippen LogP contribution in [-0.4, -0.2) is 29.8 Å². The summed E-state index contributed by atoms with van der Waals surface area (Å²) < 4.78 is 13.1. The van der Waals surface area contributed by atoms with E-state index in [1.54, 1.807) is 17.3 Å². The van der Waals surface area contributed by atoms with E-state index in [-0.39, 0.29) is 24.3 Å². The zero-order valence-electron chi connectivity index (χ0n) is 10.1. The first kappa shape index (κ1) is 14.6. The molecule has 2 heterocycles. The maximum Gasteiger partial charge on any atom is 0.143 e. The van der Waals surface area contributed by atoms with Crippen LogP contribution in [0.4, 0.5) is 10.1 Å². The first-order chi connectivity index (χ1) is 8.20. The molecule has 4 nitrogen and oxygen atoms in total. The summed E-state index contributed by atoms with van der Waals surface area (Å²) in [4.78, 5) is 3.82. The van der Waals surface area contributed by atoms with Crippen LogP contribution in [0.25, 0.3) is 0 Å². The molecule has 1 aromatic heterocycles. The fraction of sp³-hybridized carbons (Fsp3) is 0.333. The van der Waals surface area contributed by atoms with Gasteiger partial charge in [-0.05, 0) is 6.92 Å². The highest BCUT2D eigenvalue weighted by molar-refractivity contribution is 5.91. The van der Waals surface area contributed by atoms with Crippen LogP contribution in [-0.2, 0) is 0 Å². The number of hydrogen-bond donors (Lipinski definition) is 1. The minimum atomic E-state index is -0.349. The number of rotatable bonds is 4. The number of nitrogens with one attached hydrogen (secondary N) is 1. The molecule has 0 aliphatic carbocycles. The number of nitrogens with zero attached hydrogens (tertiary/aromatic N) is 3. The Hall–Kier alpha value is -1.46. The van der Waals surface area contributed by atoms with Crippen molar-refractivity contribution in [3.05, 3.63) is 36.9 Å². The van der Waals surface area contributed by atoms with E-state index in [0.29, 0.717) is 12.2 Å². The SMILES string of the molecule is C=CCNC1CN(c2cncc(F)c2)N=C1C.Cl. The minimum Gasteiger partial charge on any atom is -0.304 e. The molecule has 0 saturated carbocycles. The van der Waals surface area contributed by atoms with Crippen molar-refractivity contribution in [2.45, 2.75) is 13.0 Å². The molecule has 1 N–H and O–H groups in total. The molecule has 98 valence electrons. The van der Waals surface area contributed by atoms with Crippen molar-refractivity contribution in [1.29, 1.82) is 0 Å². The predicted octanol–water partition coefficient (Wildman–Crippen LogP) is 1.98. The third-order valence-electron chi connectivity index (χ3n) is 2.64. The minimum absolute atomic E-state index is 0. The summed E-state index contributed by atoms with van der Waals surface area (Å²) >= 11 is 0. The van der Waals surface area contributed by atoms with E-state index < -0.39 is 0 Å². The topological polar surface area (TPSA) is 40.5 Å². The van der Waals surface area contributed by atoms with E-state index >= 15 is 0 Å². The molecule has 1 aliphatic rings. The lowest BCUT2D eigenvalue weighted by Gasteiger charge is -2.16. The van der Waals surface area contributed by atoms with E-state index in [4.69, 9.17) is 0 Å². The number of hydrogen-bond acceptors (Lipinski definition) is 4. The maximum atomic E-state index is 13.1. The molecule has 0 bridgehead atoms. The van der Waals surface area contributed by atoms with Gasteiger partial charge >= 0.3 is 0 Å². The molecule has 1 aliphatic heterocycles. The summed E-state index contributed by atoms with van der Waals surface area (Å²) in [6, 6.07) is 1.61. The second-order valence-electron chi connectivity index (χ2n) is 3.93.